The zero-order valence-corrected chi connectivity index (χ0v) is 13.2. The number of carbonyl (C=O) groups is 2. The summed E-state index contributed by atoms with van der Waals surface area (Å²) in [5.41, 5.74) is 0.805. The Balaban J connectivity index is 2.06. The van der Waals surface area contributed by atoms with Crippen LogP contribution in [0, 0.1) is 5.92 Å². The van der Waals surface area contributed by atoms with Crippen molar-refractivity contribution >= 4 is 11.9 Å². The first-order valence-electron chi connectivity index (χ1n) is 7.28. The second-order valence-electron chi connectivity index (χ2n) is 5.40. The minimum atomic E-state index is -0.962. The molecule has 0 aliphatic rings. The van der Waals surface area contributed by atoms with E-state index in [1.807, 2.05) is 30.3 Å². The van der Waals surface area contributed by atoms with Gasteiger partial charge in [0.2, 0.25) is 11.7 Å². The van der Waals surface area contributed by atoms with E-state index in [0.29, 0.717) is 5.82 Å². The number of hydrogen-bond donors (Lipinski definition) is 2. The highest BCUT2D eigenvalue weighted by Gasteiger charge is 2.25. The molecule has 0 bridgehead atoms. The molecule has 0 radical (unpaired) electrons. The smallest absolute Gasteiger partial charge is 0.308 e. The molecule has 23 heavy (non-hydrogen) atoms. The Hall–Kier alpha value is -2.77. The third-order valence-electron chi connectivity index (χ3n) is 3.70. The number of carboxylic acid groups (broad SMARTS) is 1. The number of hydrogen-bond acceptors (Lipinski definition) is 5. The topological polar surface area (TPSA) is 110 Å². The Kier molecular flexibility index (Phi) is 5.05. The maximum Gasteiger partial charge on any atom is 0.308 e. The van der Waals surface area contributed by atoms with Crippen molar-refractivity contribution in [2.45, 2.75) is 32.9 Å². The van der Waals surface area contributed by atoms with E-state index in [0.717, 1.165) is 5.56 Å². The summed E-state index contributed by atoms with van der Waals surface area (Å²) in [5.74, 6) is -1.58. The van der Waals surface area contributed by atoms with Gasteiger partial charge in [-0.25, -0.2) is 0 Å². The molecular weight excluding hydrogens is 298 g/mol. The molecule has 0 fully saturated rings. The Labute approximate surface area is 133 Å². The minimum absolute atomic E-state index is 0.359. The zero-order chi connectivity index (χ0) is 17.0. The molecule has 2 aromatic rings. The zero-order valence-electron chi connectivity index (χ0n) is 13.2. The molecule has 0 spiro atoms. The highest BCUT2D eigenvalue weighted by molar-refractivity contribution is 5.81. The largest absolute Gasteiger partial charge is 0.481 e. The third-order valence-corrected chi connectivity index (χ3v) is 3.70. The van der Waals surface area contributed by atoms with Crippen LogP contribution >= 0.6 is 0 Å². The van der Waals surface area contributed by atoms with Crippen LogP contribution in [0.25, 0.3) is 11.4 Å². The third kappa shape index (κ3) is 3.91. The van der Waals surface area contributed by atoms with E-state index in [9.17, 15) is 9.59 Å². The Morgan fingerprint density at radius 3 is 2.43 bits per heavy atom. The quantitative estimate of drug-likeness (QED) is 0.826. The van der Waals surface area contributed by atoms with Crippen LogP contribution < -0.4 is 5.32 Å². The molecule has 0 saturated heterocycles. The second kappa shape index (κ2) is 6.99. The first-order valence-corrected chi connectivity index (χ1v) is 7.28. The van der Waals surface area contributed by atoms with Crippen molar-refractivity contribution in [3.63, 3.8) is 0 Å². The fourth-order valence-corrected chi connectivity index (χ4v) is 1.88. The molecular formula is C15H19N5O3. The van der Waals surface area contributed by atoms with Crippen molar-refractivity contribution in [2.24, 2.45) is 5.92 Å². The number of amides is 1. The highest BCUT2D eigenvalue weighted by Crippen LogP contribution is 2.14. The van der Waals surface area contributed by atoms with E-state index in [1.165, 1.54) is 4.80 Å². The predicted octanol–water partition coefficient (Wildman–Crippen LogP) is 1.13. The lowest BCUT2D eigenvalue weighted by Gasteiger charge is -2.19. The van der Waals surface area contributed by atoms with E-state index >= 15 is 0 Å². The summed E-state index contributed by atoms with van der Waals surface area (Å²) >= 11 is 0. The number of tetrazole rings is 1. The van der Waals surface area contributed by atoms with Crippen LogP contribution in [0.4, 0.5) is 0 Å². The second-order valence-corrected chi connectivity index (χ2v) is 5.40. The van der Waals surface area contributed by atoms with Crippen LogP contribution in [0.2, 0.25) is 0 Å². The van der Waals surface area contributed by atoms with Gasteiger partial charge < -0.3 is 10.4 Å². The molecule has 1 amide bonds. The standard InChI is InChI=1S/C15H19N5O3/c1-9(15(22)23)10(2)16-14(21)11(3)20-18-13(17-19-20)12-7-5-4-6-8-12/h4-11H,1-3H3,(H,16,21)(H,22,23). The van der Waals surface area contributed by atoms with Crippen LogP contribution in [0.1, 0.15) is 26.8 Å². The van der Waals surface area contributed by atoms with E-state index in [1.54, 1.807) is 20.8 Å². The van der Waals surface area contributed by atoms with E-state index < -0.39 is 24.0 Å². The molecule has 0 saturated carbocycles. The van der Waals surface area contributed by atoms with Crippen LogP contribution in [-0.2, 0) is 9.59 Å². The first-order chi connectivity index (χ1) is 10.9. The number of nitrogens with one attached hydrogen (secondary N) is 1. The number of aromatic nitrogens is 4. The molecule has 1 aromatic heterocycles. The number of carbonyl (C=O) groups excluding carboxylic acids is 1. The fraction of sp³-hybridized carbons (Fsp3) is 0.400. The van der Waals surface area contributed by atoms with Crippen molar-refractivity contribution in [1.82, 2.24) is 25.5 Å². The van der Waals surface area contributed by atoms with Crippen molar-refractivity contribution in [1.29, 1.82) is 0 Å². The van der Waals surface area contributed by atoms with Crippen LogP contribution in [0.3, 0.4) is 0 Å². The Bertz CT molecular complexity index is 685. The van der Waals surface area contributed by atoms with Gasteiger partial charge >= 0.3 is 5.97 Å². The van der Waals surface area contributed by atoms with E-state index in [-0.39, 0.29) is 5.91 Å². The summed E-state index contributed by atoms with van der Waals surface area (Å²) < 4.78 is 0. The lowest BCUT2D eigenvalue weighted by Crippen LogP contribution is -2.43. The summed E-state index contributed by atoms with van der Waals surface area (Å²) in [7, 11) is 0. The lowest BCUT2D eigenvalue weighted by molar-refractivity contribution is -0.142. The van der Waals surface area contributed by atoms with Crippen molar-refractivity contribution < 1.29 is 14.7 Å². The minimum Gasteiger partial charge on any atom is -0.481 e. The SMILES string of the molecule is CC(NC(=O)C(C)n1nnc(-c2ccccc2)n1)C(C)C(=O)O. The van der Waals surface area contributed by atoms with Gasteiger partial charge in [-0.2, -0.15) is 4.80 Å². The van der Waals surface area contributed by atoms with Gasteiger partial charge in [-0.15, -0.1) is 10.2 Å². The normalized spacial score (nSPS) is 14.7. The first kappa shape index (κ1) is 16.6. The number of carboxylic acids is 1. The molecule has 1 aromatic carbocycles. The predicted molar refractivity (Wildman–Crippen MR) is 82.4 cm³/mol. The number of nitrogens with zero attached hydrogens (tertiary/aromatic N) is 4. The van der Waals surface area contributed by atoms with Gasteiger partial charge in [0, 0.05) is 11.6 Å². The van der Waals surface area contributed by atoms with E-state index in [4.69, 9.17) is 5.11 Å². The number of rotatable bonds is 6. The molecule has 8 heteroatoms. The maximum atomic E-state index is 12.2. The summed E-state index contributed by atoms with van der Waals surface area (Å²) in [6.45, 7) is 4.82. The molecule has 3 unspecified atom stereocenters. The van der Waals surface area contributed by atoms with Crippen molar-refractivity contribution in [2.75, 3.05) is 0 Å². The monoisotopic (exact) mass is 317 g/mol. The highest BCUT2D eigenvalue weighted by atomic mass is 16.4. The summed E-state index contributed by atoms with van der Waals surface area (Å²) in [6.07, 6.45) is 0. The molecule has 2 N–H and O–H groups in total. The van der Waals surface area contributed by atoms with Crippen molar-refractivity contribution in [3.05, 3.63) is 30.3 Å². The number of aliphatic carboxylic acids is 1. The molecule has 8 nitrogen and oxygen atoms in total. The van der Waals surface area contributed by atoms with Crippen molar-refractivity contribution in [3.8, 4) is 11.4 Å². The summed E-state index contributed by atoms with van der Waals surface area (Å²) in [4.78, 5) is 24.3. The van der Waals surface area contributed by atoms with Crippen LogP contribution in [0.15, 0.2) is 30.3 Å². The molecule has 0 aliphatic heterocycles. The van der Waals surface area contributed by atoms with Gasteiger partial charge in [0.15, 0.2) is 0 Å². The lowest BCUT2D eigenvalue weighted by atomic mass is 10.0. The van der Waals surface area contributed by atoms with Crippen LogP contribution in [-0.4, -0.2) is 43.2 Å². The maximum absolute atomic E-state index is 12.2. The molecule has 1 heterocycles. The van der Waals surface area contributed by atoms with Gasteiger partial charge in [0.25, 0.3) is 0 Å². The molecule has 3 atom stereocenters. The summed E-state index contributed by atoms with van der Waals surface area (Å²) in [6, 6.07) is 8.12. The van der Waals surface area contributed by atoms with Gasteiger partial charge in [-0.3, -0.25) is 9.59 Å². The van der Waals surface area contributed by atoms with Gasteiger partial charge in [-0.1, -0.05) is 30.3 Å². The van der Waals surface area contributed by atoms with Gasteiger partial charge in [-0.05, 0) is 26.0 Å². The molecule has 0 aliphatic carbocycles. The fourth-order valence-electron chi connectivity index (χ4n) is 1.88. The average molecular weight is 317 g/mol. The Morgan fingerprint density at radius 1 is 1.17 bits per heavy atom. The number of benzene rings is 1. The van der Waals surface area contributed by atoms with Crippen LogP contribution in [0.5, 0.6) is 0 Å². The van der Waals surface area contributed by atoms with Gasteiger partial charge in [0.05, 0.1) is 5.92 Å². The molecule has 2 rings (SSSR count). The van der Waals surface area contributed by atoms with Gasteiger partial charge in [0.1, 0.15) is 6.04 Å². The summed E-state index contributed by atoms with van der Waals surface area (Å²) in [5, 5.41) is 23.7. The average Bonchev–Trinajstić information content (AvgIpc) is 3.03. The molecule has 122 valence electrons. The van der Waals surface area contributed by atoms with E-state index in [2.05, 4.69) is 20.7 Å². The Morgan fingerprint density at radius 2 is 1.83 bits per heavy atom.